The normalized spacial score (nSPS) is 19.7. The van der Waals surface area contributed by atoms with Crippen molar-refractivity contribution in [3.05, 3.63) is 16.8 Å². The van der Waals surface area contributed by atoms with Crippen LogP contribution < -0.4 is 11.1 Å². The quantitative estimate of drug-likeness (QED) is 0.876. The molecule has 2 rings (SSSR count). The zero-order chi connectivity index (χ0) is 15.4. The topological polar surface area (TPSA) is 54.2 Å². The lowest BCUT2D eigenvalue weighted by molar-refractivity contribution is 0.264. The standard InChI is InChI=1S/C15H25FN4S/c1-4-12(16)10(2)9-13-14(17)19-15(21-13)18-11-5-7-20(3)8-6-11/h4,10-11H,5-9,17H2,1-3H3,(H,18,19)/b12-4+. The van der Waals surface area contributed by atoms with Gasteiger partial charge in [0.2, 0.25) is 0 Å². The second-order valence-electron chi connectivity index (χ2n) is 5.83. The van der Waals surface area contributed by atoms with Crippen LogP contribution in [0, 0.1) is 5.92 Å². The lowest BCUT2D eigenvalue weighted by atomic mass is 10.1. The van der Waals surface area contributed by atoms with E-state index in [0.717, 1.165) is 35.9 Å². The van der Waals surface area contributed by atoms with Crippen molar-refractivity contribution in [1.82, 2.24) is 9.88 Å². The van der Waals surface area contributed by atoms with E-state index in [1.807, 2.05) is 6.92 Å². The predicted octanol–water partition coefficient (Wildman–Crippen LogP) is 3.28. The fraction of sp³-hybridized carbons (Fsp3) is 0.667. The number of allylic oxidation sites excluding steroid dienone is 2. The molecular formula is C15H25FN4S. The van der Waals surface area contributed by atoms with Crippen molar-refractivity contribution in [2.45, 2.75) is 39.2 Å². The van der Waals surface area contributed by atoms with Crippen LogP contribution in [0.25, 0.3) is 0 Å². The minimum Gasteiger partial charge on any atom is -0.383 e. The van der Waals surface area contributed by atoms with E-state index in [2.05, 4.69) is 22.2 Å². The van der Waals surface area contributed by atoms with Gasteiger partial charge in [-0.1, -0.05) is 24.3 Å². The third-order valence-electron chi connectivity index (χ3n) is 4.01. The Hall–Kier alpha value is -1.14. The number of hydrogen-bond acceptors (Lipinski definition) is 5. The molecule has 1 aromatic heterocycles. The fourth-order valence-electron chi connectivity index (χ4n) is 2.56. The molecule has 0 aromatic carbocycles. The van der Waals surface area contributed by atoms with E-state index in [-0.39, 0.29) is 11.7 Å². The number of nitrogens with one attached hydrogen (secondary N) is 1. The van der Waals surface area contributed by atoms with Crippen molar-refractivity contribution in [3.63, 3.8) is 0 Å². The molecule has 0 radical (unpaired) electrons. The maximum atomic E-state index is 13.5. The highest BCUT2D eigenvalue weighted by molar-refractivity contribution is 7.16. The van der Waals surface area contributed by atoms with Gasteiger partial charge in [-0.05, 0) is 46.3 Å². The van der Waals surface area contributed by atoms with Gasteiger partial charge in [0.15, 0.2) is 5.13 Å². The van der Waals surface area contributed by atoms with Crippen LogP contribution in [0.2, 0.25) is 0 Å². The maximum Gasteiger partial charge on any atom is 0.185 e. The van der Waals surface area contributed by atoms with Crippen LogP contribution in [-0.4, -0.2) is 36.1 Å². The Morgan fingerprint density at radius 2 is 2.24 bits per heavy atom. The molecule has 0 aliphatic carbocycles. The van der Waals surface area contributed by atoms with Gasteiger partial charge in [0.25, 0.3) is 0 Å². The molecular weight excluding hydrogens is 287 g/mol. The predicted molar refractivity (Wildman–Crippen MR) is 88.4 cm³/mol. The molecule has 4 nitrogen and oxygen atoms in total. The lowest BCUT2D eigenvalue weighted by Crippen LogP contribution is -2.36. The summed E-state index contributed by atoms with van der Waals surface area (Å²) in [5.41, 5.74) is 5.97. The molecule has 118 valence electrons. The van der Waals surface area contributed by atoms with Crippen molar-refractivity contribution >= 4 is 22.3 Å². The summed E-state index contributed by atoms with van der Waals surface area (Å²) in [4.78, 5) is 7.69. The van der Waals surface area contributed by atoms with E-state index in [1.54, 1.807) is 18.3 Å². The summed E-state index contributed by atoms with van der Waals surface area (Å²) in [5, 5.41) is 4.34. The van der Waals surface area contributed by atoms with Gasteiger partial charge in [0, 0.05) is 12.0 Å². The first kappa shape index (κ1) is 16.2. The first-order chi connectivity index (χ1) is 9.99. The minimum absolute atomic E-state index is 0.0902. The number of halogens is 1. The summed E-state index contributed by atoms with van der Waals surface area (Å²) in [7, 11) is 2.15. The van der Waals surface area contributed by atoms with Gasteiger partial charge < -0.3 is 16.0 Å². The highest BCUT2D eigenvalue weighted by atomic mass is 32.1. The summed E-state index contributed by atoms with van der Waals surface area (Å²) in [6.45, 7) is 5.80. The van der Waals surface area contributed by atoms with Crippen LogP contribution in [0.3, 0.4) is 0 Å². The van der Waals surface area contributed by atoms with Crippen LogP contribution in [0.4, 0.5) is 15.3 Å². The van der Waals surface area contributed by atoms with Crippen LogP contribution in [0.5, 0.6) is 0 Å². The summed E-state index contributed by atoms with van der Waals surface area (Å²) in [5.74, 6) is 0.299. The molecule has 21 heavy (non-hydrogen) atoms. The minimum atomic E-state index is -0.145. The molecule has 1 unspecified atom stereocenters. The van der Waals surface area contributed by atoms with Gasteiger partial charge in [-0.2, -0.15) is 0 Å². The SMILES string of the molecule is C/C=C(/F)C(C)Cc1sc(NC2CCN(C)CC2)nc1N. The molecule has 1 aliphatic rings. The Morgan fingerprint density at radius 1 is 1.57 bits per heavy atom. The summed E-state index contributed by atoms with van der Waals surface area (Å²) in [6.07, 6.45) is 4.36. The van der Waals surface area contributed by atoms with Gasteiger partial charge in [-0.3, -0.25) is 0 Å². The molecule has 6 heteroatoms. The second-order valence-corrected chi connectivity index (χ2v) is 6.91. The Morgan fingerprint density at radius 3 is 2.86 bits per heavy atom. The monoisotopic (exact) mass is 312 g/mol. The zero-order valence-electron chi connectivity index (χ0n) is 13.0. The smallest absolute Gasteiger partial charge is 0.185 e. The number of anilines is 2. The highest BCUT2D eigenvalue weighted by Gasteiger charge is 2.19. The van der Waals surface area contributed by atoms with E-state index in [9.17, 15) is 4.39 Å². The number of likely N-dealkylation sites (tertiary alicyclic amines) is 1. The van der Waals surface area contributed by atoms with Crippen molar-refractivity contribution in [2.75, 3.05) is 31.2 Å². The van der Waals surface area contributed by atoms with Crippen molar-refractivity contribution < 1.29 is 4.39 Å². The maximum absolute atomic E-state index is 13.5. The fourth-order valence-corrected chi connectivity index (χ4v) is 3.65. The van der Waals surface area contributed by atoms with Crippen LogP contribution in [-0.2, 0) is 6.42 Å². The Balaban J connectivity index is 1.95. The Kier molecular flexibility index (Phi) is 5.58. The number of nitrogens with two attached hydrogens (primary N) is 1. The van der Waals surface area contributed by atoms with Gasteiger partial charge in [0.05, 0.1) is 10.7 Å². The van der Waals surface area contributed by atoms with Gasteiger partial charge in [-0.25, -0.2) is 9.37 Å². The average molecular weight is 312 g/mol. The van der Waals surface area contributed by atoms with Gasteiger partial charge in [0.1, 0.15) is 5.82 Å². The number of nitrogens with zero attached hydrogens (tertiary/aromatic N) is 2. The van der Waals surface area contributed by atoms with Crippen molar-refractivity contribution in [1.29, 1.82) is 0 Å². The van der Waals surface area contributed by atoms with Gasteiger partial charge in [-0.15, -0.1) is 0 Å². The summed E-state index contributed by atoms with van der Waals surface area (Å²) in [6, 6.07) is 0.462. The van der Waals surface area contributed by atoms with Crippen molar-refractivity contribution in [2.24, 2.45) is 5.92 Å². The number of nitrogen functional groups attached to an aromatic ring is 1. The van der Waals surface area contributed by atoms with E-state index in [0.29, 0.717) is 18.3 Å². The third kappa shape index (κ3) is 4.41. The summed E-state index contributed by atoms with van der Waals surface area (Å²) >= 11 is 1.56. The highest BCUT2D eigenvalue weighted by Crippen LogP contribution is 2.30. The average Bonchev–Trinajstić information content (AvgIpc) is 2.80. The molecule has 0 amide bonds. The molecule has 3 N–H and O–H groups in total. The van der Waals surface area contributed by atoms with Crippen LogP contribution in [0.1, 0.15) is 31.6 Å². The Bertz CT molecular complexity index is 492. The Labute approximate surface area is 130 Å². The molecule has 1 saturated heterocycles. The van der Waals surface area contributed by atoms with Gasteiger partial charge >= 0.3 is 0 Å². The first-order valence-corrected chi connectivity index (χ1v) is 8.33. The molecule has 1 aromatic rings. The van der Waals surface area contributed by atoms with E-state index < -0.39 is 0 Å². The molecule has 1 fully saturated rings. The number of hydrogen-bond donors (Lipinski definition) is 2. The molecule has 0 saturated carbocycles. The van der Waals surface area contributed by atoms with Crippen LogP contribution >= 0.6 is 11.3 Å². The third-order valence-corrected chi connectivity index (χ3v) is 5.04. The number of rotatable bonds is 5. The number of thiazole rings is 1. The first-order valence-electron chi connectivity index (χ1n) is 7.51. The molecule has 1 atom stereocenters. The molecule has 2 heterocycles. The van der Waals surface area contributed by atoms with E-state index in [1.165, 1.54) is 6.08 Å². The largest absolute Gasteiger partial charge is 0.383 e. The van der Waals surface area contributed by atoms with Crippen molar-refractivity contribution in [3.8, 4) is 0 Å². The van der Waals surface area contributed by atoms with Crippen LogP contribution in [0.15, 0.2) is 11.9 Å². The number of piperidine rings is 1. The lowest BCUT2D eigenvalue weighted by Gasteiger charge is -2.29. The molecule has 1 aliphatic heterocycles. The van der Waals surface area contributed by atoms with E-state index in [4.69, 9.17) is 5.73 Å². The molecule has 0 spiro atoms. The zero-order valence-corrected chi connectivity index (χ0v) is 13.8. The second kappa shape index (κ2) is 7.22. The molecule has 0 bridgehead atoms. The van der Waals surface area contributed by atoms with E-state index >= 15 is 0 Å². The summed E-state index contributed by atoms with van der Waals surface area (Å²) < 4.78 is 13.5. The number of aromatic nitrogens is 1.